The van der Waals surface area contributed by atoms with Crippen LogP contribution in [-0.2, 0) is 4.79 Å². The van der Waals surface area contributed by atoms with Crippen LogP contribution in [-0.4, -0.2) is 33.3 Å². The van der Waals surface area contributed by atoms with E-state index in [1.54, 1.807) is 6.92 Å². The maximum atomic E-state index is 10.4. The molecule has 0 atom stereocenters. The van der Waals surface area contributed by atoms with Gasteiger partial charge < -0.3 is 9.90 Å². The van der Waals surface area contributed by atoms with Crippen molar-refractivity contribution in [3.05, 3.63) is 0 Å². The molecular weight excluding hydrogens is 320 g/mol. The smallest absolute Gasteiger partial charge is 0.550 e. The van der Waals surface area contributed by atoms with E-state index in [0.29, 0.717) is 0 Å². The number of carbonyl (C=O) groups excluding carboxylic acids is 1. The second-order valence-corrected chi connectivity index (χ2v) is 3.06. The monoisotopic (exact) mass is 332 g/mol. The van der Waals surface area contributed by atoms with Gasteiger partial charge in [0.25, 0.3) is 0 Å². The third kappa shape index (κ3) is 1.94. The average molecular weight is 332 g/mol. The summed E-state index contributed by atoms with van der Waals surface area (Å²) in [5.74, 6) is -0.875. The number of rotatable bonds is 1. The zero-order chi connectivity index (χ0) is 6.91. The number of carboxylic acids is 1. The Kier molecular flexibility index (Phi) is 3.83. The minimum Gasteiger partial charge on any atom is -0.550 e. The van der Waals surface area contributed by atoms with Crippen LogP contribution >= 0.6 is 0 Å². The Morgan fingerprint density at radius 2 is 1.80 bits per heavy atom. The molecule has 0 aliphatic heterocycles. The number of carbonyl (C=O) groups is 1. The Bertz CT molecular complexity index is 128. The van der Waals surface area contributed by atoms with Gasteiger partial charge >= 0.3 is 27.3 Å². The van der Waals surface area contributed by atoms with E-state index in [2.05, 4.69) is 0 Å². The van der Waals surface area contributed by atoms with Crippen LogP contribution in [0.4, 0.5) is 0 Å². The van der Waals surface area contributed by atoms with Gasteiger partial charge in [-0.3, -0.25) is 0 Å². The van der Waals surface area contributed by atoms with E-state index in [1.807, 2.05) is 0 Å². The Morgan fingerprint density at radius 1 is 1.40 bits per heavy atom. The summed E-state index contributed by atoms with van der Waals surface area (Å²) >= 11 is 0. The van der Waals surface area contributed by atoms with Crippen molar-refractivity contribution in [2.75, 3.05) is 0 Å². The Morgan fingerprint density at radius 3 is 2.00 bits per heavy atom. The predicted molar refractivity (Wildman–Crippen MR) is 37.3 cm³/mol. The van der Waals surface area contributed by atoms with Gasteiger partial charge in [-0.05, 0) is 12.8 Å². The number of aliphatic carboxylic acids is 1. The standard InChI is InChI=1S/C7H12O2.Tl/c1-7(6(8)9)4-2-3-5-7;/h2-5H2,1H3,(H,8,9);/q;+1/p-1. The van der Waals surface area contributed by atoms with Crippen molar-refractivity contribution < 1.29 is 9.90 Å². The van der Waals surface area contributed by atoms with Gasteiger partial charge in [0.15, 0.2) is 0 Å². The van der Waals surface area contributed by atoms with E-state index < -0.39 is 11.4 Å². The molecule has 0 heterocycles. The summed E-state index contributed by atoms with van der Waals surface area (Å²) in [5, 5.41) is 10.4. The average Bonchev–Trinajstić information content (AvgIpc) is 2.16. The van der Waals surface area contributed by atoms with Crippen LogP contribution < -0.4 is 5.11 Å². The van der Waals surface area contributed by atoms with Gasteiger partial charge in [0.05, 0.1) is 0 Å². The fourth-order valence-corrected chi connectivity index (χ4v) is 1.36. The van der Waals surface area contributed by atoms with Crippen LogP contribution in [0.3, 0.4) is 0 Å². The van der Waals surface area contributed by atoms with E-state index >= 15 is 0 Å². The minimum absolute atomic E-state index is 0. The molecule has 0 radical (unpaired) electrons. The van der Waals surface area contributed by atoms with E-state index in [0.717, 1.165) is 25.7 Å². The van der Waals surface area contributed by atoms with Gasteiger partial charge in [-0.1, -0.05) is 19.8 Å². The molecule has 0 unspecified atom stereocenters. The molecule has 1 aliphatic rings. The maximum absolute atomic E-state index is 10.4. The van der Waals surface area contributed by atoms with Gasteiger partial charge in [-0.25, -0.2) is 0 Å². The number of carboxylic acid groups (broad SMARTS) is 1. The summed E-state index contributed by atoms with van der Waals surface area (Å²) in [5.41, 5.74) is -0.500. The molecule has 3 heteroatoms. The third-order valence-corrected chi connectivity index (χ3v) is 2.20. The van der Waals surface area contributed by atoms with Crippen LogP contribution in [0.2, 0.25) is 0 Å². The van der Waals surface area contributed by atoms with E-state index in [1.165, 1.54) is 0 Å². The summed E-state index contributed by atoms with van der Waals surface area (Å²) in [4.78, 5) is 10.4. The van der Waals surface area contributed by atoms with Crippen molar-refractivity contribution in [2.45, 2.75) is 32.6 Å². The van der Waals surface area contributed by atoms with Crippen LogP contribution in [0.1, 0.15) is 32.6 Å². The first-order valence-corrected chi connectivity index (χ1v) is 3.37. The van der Waals surface area contributed by atoms with Crippen molar-refractivity contribution in [1.82, 2.24) is 0 Å². The normalized spacial score (nSPS) is 21.7. The van der Waals surface area contributed by atoms with Gasteiger partial charge in [-0.15, -0.1) is 0 Å². The maximum Gasteiger partial charge on any atom is 1.00 e. The fraction of sp³-hybridized carbons (Fsp3) is 0.857. The molecule has 2 nitrogen and oxygen atoms in total. The largest absolute Gasteiger partial charge is 1.00 e. The summed E-state index contributed by atoms with van der Waals surface area (Å²) in [6.45, 7) is 1.77. The molecule has 0 aromatic carbocycles. The first kappa shape index (κ1) is 10.4. The number of hydrogen-bond donors (Lipinski definition) is 0. The molecule has 0 bridgehead atoms. The summed E-state index contributed by atoms with van der Waals surface area (Å²) in [7, 11) is 0. The molecule has 0 N–H and O–H groups in total. The van der Waals surface area contributed by atoms with Crippen molar-refractivity contribution in [2.24, 2.45) is 5.41 Å². The van der Waals surface area contributed by atoms with E-state index in [-0.39, 0.29) is 27.3 Å². The van der Waals surface area contributed by atoms with Crippen LogP contribution in [0.25, 0.3) is 0 Å². The third-order valence-electron chi connectivity index (χ3n) is 2.20. The molecule has 0 aromatic heterocycles. The molecule has 54 valence electrons. The zero-order valence-corrected chi connectivity index (χ0v) is 10.7. The van der Waals surface area contributed by atoms with Gasteiger partial charge in [0.1, 0.15) is 0 Å². The Hall–Kier alpha value is 0.392. The molecule has 0 amide bonds. The predicted octanol–water partition coefficient (Wildman–Crippen LogP) is -0.0642. The zero-order valence-electron chi connectivity index (χ0n) is 6.22. The second-order valence-electron chi connectivity index (χ2n) is 3.06. The summed E-state index contributed by atoms with van der Waals surface area (Å²) in [6, 6.07) is 0. The van der Waals surface area contributed by atoms with Gasteiger partial charge in [0, 0.05) is 11.4 Å². The van der Waals surface area contributed by atoms with Gasteiger partial charge in [-0.2, -0.15) is 0 Å². The molecule has 0 saturated heterocycles. The SMILES string of the molecule is CC1(C(=O)[O-])CCCC1.[Tl+]. The molecule has 1 fully saturated rings. The minimum atomic E-state index is -0.875. The summed E-state index contributed by atoms with van der Waals surface area (Å²) in [6.07, 6.45) is 3.69. The molecule has 1 rings (SSSR count). The van der Waals surface area contributed by atoms with Crippen LogP contribution in [0.15, 0.2) is 0 Å². The van der Waals surface area contributed by atoms with Crippen molar-refractivity contribution in [3.63, 3.8) is 0 Å². The molecule has 0 spiro atoms. The fourth-order valence-electron chi connectivity index (χ4n) is 1.36. The van der Waals surface area contributed by atoms with Crippen molar-refractivity contribution in [1.29, 1.82) is 0 Å². The topological polar surface area (TPSA) is 40.1 Å². The Balaban J connectivity index is 0.000000810. The van der Waals surface area contributed by atoms with E-state index in [9.17, 15) is 9.90 Å². The molecule has 1 aliphatic carbocycles. The van der Waals surface area contributed by atoms with Crippen molar-refractivity contribution in [3.8, 4) is 0 Å². The number of hydrogen-bond acceptors (Lipinski definition) is 2. The van der Waals surface area contributed by atoms with E-state index in [4.69, 9.17) is 0 Å². The first-order valence-electron chi connectivity index (χ1n) is 3.37. The van der Waals surface area contributed by atoms with Crippen LogP contribution in [0.5, 0.6) is 0 Å². The molecule has 1 saturated carbocycles. The Labute approximate surface area is 81.2 Å². The second kappa shape index (κ2) is 3.69. The molecule has 0 aromatic rings. The van der Waals surface area contributed by atoms with Crippen LogP contribution in [0, 0.1) is 5.41 Å². The molecule has 10 heavy (non-hydrogen) atoms. The molecular formula is C7H11O2Tl. The van der Waals surface area contributed by atoms with Crippen molar-refractivity contribution >= 4 is 33.3 Å². The quantitative estimate of drug-likeness (QED) is 0.632. The van der Waals surface area contributed by atoms with Gasteiger partial charge in [0.2, 0.25) is 0 Å². The first-order chi connectivity index (χ1) is 4.15. The summed E-state index contributed by atoms with van der Waals surface area (Å²) < 4.78 is 0.